The number of aldehydes is 1. The number of thiophene rings is 1. The minimum absolute atomic E-state index is 0. The van der Waals surface area contributed by atoms with Gasteiger partial charge in [0.05, 0.1) is 18.5 Å². The van der Waals surface area contributed by atoms with Crippen LogP contribution in [0.15, 0.2) is 68.2 Å². The molecule has 2 aromatic carbocycles. The summed E-state index contributed by atoms with van der Waals surface area (Å²) in [6, 6.07) is 14.9. The van der Waals surface area contributed by atoms with Crippen molar-refractivity contribution in [2.24, 2.45) is 5.73 Å². The Morgan fingerprint density at radius 1 is 1.07 bits per heavy atom. The molecular formula is C19H17BrN2O3S2. The Labute approximate surface area is 170 Å². The largest absolute Gasteiger partial charge is 0.383 e. The van der Waals surface area contributed by atoms with Crippen LogP contribution in [0.5, 0.6) is 0 Å². The van der Waals surface area contributed by atoms with Crippen LogP contribution in [0.2, 0.25) is 0 Å². The van der Waals surface area contributed by atoms with Gasteiger partial charge in [0.2, 0.25) is 9.84 Å². The molecule has 8 heteroatoms. The molecule has 3 N–H and O–H groups in total. The summed E-state index contributed by atoms with van der Waals surface area (Å²) in [5.74, 6) is -0.184. The summed E-state index contributed by atoms with van der Waals surface area (Å²) in [7, 11) is -3.79. The fourth-order valence-corrected chi connectivity index (χ4v) is 6.15. The Morgan fingerprint density at radius 2 is 1.70 bits per heavy atom. The van der Waals surface area contributed by atoms with Gasteiger partial charge in [0.1, 0.15) is 12.1 Å². The number of nitrogen functional groups attached to an aromatic ring is 1. The van der Waals surface area contributed by atoms with Crippen LogP contribution in [0.4, 0.5) is 0 Å². The minimum Gasteiger partial charge on any atom is -0.383 e. The van der Waals surface area contributed by atoms with E-state index in [0.29, 0.717) is 19.8 Å². The fourth-order valence-electron chi connectivity index (χ4n) is 2.43. The van der Waals surface area contributed by atoms with Crippen LogP contribution in [0.25, 0.3) is 11.1 Å². The highest BCUT2D eigenvalue weighted by molar-refractivity contribution is 9.11. The highest BCUT2D eigenvalue weighted by atomic mass is 79.9. The molecule has 0 saturated carbocycles. The lowest BCUT2D eigenvalue weighted by molar-refractivity contribution is 0.112. The van der Waals surface area contributed by atoms with Gasteiger partial charge in [-0.15, -0.1) is 11.3 Å². The van der Waals surface area contributed by atoms with Gasteiger partial charge in [-0.05, 0) is 51.3 Å². The number of amidine groups is 1. The van der Waals surface area contributed by atoms with Gasteiger partial charge in [-0.25, -0.2) is 8.42 Å². The van der Waals surface area contributed by atoms with Gasteiger partial charge in [-0.1, -0.05) is 37.8 Å². The molecule has 0 radical (unpaired) electrons. The van der Waals surface area contributed by atoms with Gasteiger partial charge in [0.25, 0.3) is 0 Å². The van der Waals surface area contributed by atoms with Gasteiger partial charge in [0.15, 0.2) is 0 Å². The number of carbonyl (C=O) groups is 1. The van der Waals surface area contributed by atoms with E-state index in [2.05, 4.69) is 15.9 Å². The van der Waals surface area contributed by atoms with Crippen LogP contribution in [0.1, 0.15) is 22.7 Å². The van der Waals surface area contributed by atoms with Gasteiger partial charge in [-0.3, -0.25) is 10.2 Å². The first kappa shape index (κ1) is 21.0. The van der Waals surface area contributed by atoms with E-state index in [9.17, 15) is 13.2 Å². The zero-order chi connectivity index (χ0) is 18.9. The summed E-state index contributed by atoms with van der Waals surface area (Å²) in [4.78, 5) is 11.5. The van der Waals surface area contributed by atoms with Crippen molar-refractivity contribution in [2.75, 3.05) is 0 Å². The van der Waals surface area contributed by atoms with E-state index in [0.717, 1.165) is 23.2 Å². The van der Waals surface area contributed by atoms with Crippen LogP contribution in [-0.4, -0.2) is 20.5 Å². The smallest absolute Gasteiger partial charge is 0.208 e. The summed E-state index contributed by atoms with van der Waals surface area (Å²) >= 11 is 4.35. The maximum Gasteiger partial charge on any atom is 0.208 e. The molecule has 3 aromatic rings. The molecule has 0 saturated heterocycles. The third kappa shape index (κ3) is 4.18. The molecule has 0 spiro atoms. The summed E-state index contributed by atoms with van der Waals surface area (Å²) in [5, 5.41) is 7.48. The highest BCUT2D eigenvalue weighted by Crippen LogP contribution is 2.36. The predicted molar refractivity (Wildman–Crippen MR) is 112 cm³/mol. The van der Waals surface area contributed by atoms with Crippen LogP contribution in [-0.2, 0) is 9.84 Å². The third-order valence-corrected chi connectivity index (χ3v) is 7.75. The van der Waals surface area contributed by atoms with E-state index < -0.39 is 9.84 Å². The Hall–Kier alpha value is -2.29. The average Bonchev–Trinajstić information content (AvgIpc) is 3.05. The SMILES string of the molecule is C.N=C(N)c1cc(S(=O)(=O)c2cccc(-c3cccc(C=O)c3)c2)c(Br)s1. The molecule has 27 heavy (non-hydrogen) atoms. The van der Waals surface area contributed by atoms with Crippen molar-refractivity contribution in [3.63, 3.8) is 0 Å². The quantitative estimate of drug-likeness (QED) is 0.323. The predicted octanol–water partition coefficient (Wildman–Crippen LogP) is 4.74. The lowest BCUT2D eigenvalue weighted by Gasteiger charge is -2.07. The molecule has 0 bridgehead atoms. The first-order valence-corrected chi connectivity index (χ1v) is 10.5. The van der Waals surface area contributed by atoms with E-state index in [1.165, 1.54) is 12.1 Å². The number of nitrogens with two attached hydrogens (primary N) is 1. The van der Waals surface area contributed by atoms with Crippen LogP contribution in [0.3, 0.4) is 0 Å². The van der Waals surface area contributed by atoms with Crippen molar-refractivity contribution in [1.82, 2.24) is 0 Å². The zero-order valence-electron chi connectivity index (χ0n) is 13.3. The number of benzene rings is 2. The Morgan fingerprint density at radius 3 is 2.30 bits per heavy atom. The van der Waals surface area contributed by atoms with Gasteiger partial charge in [0, 0.05) is 5.56 Å². The summed E-state index contributed by atoms with van der Waals surface area (Å²) in [6.45, 7) is 0. The van der Waals surface area contributed by atoms with Crippen molar-refractivity contribution < 1.29 is 13.2 Å². The first-order chi connectivity index (χ1) is 12.3. The molecular weight excluding hydrogens is 448 g/mol. The number of carbonyl (C=O) groups excluding carboxylic acids is 1. The molecule has 1 heterocycles. The maximum atomic E-state index is 13.0. The van der Waals surface area contributed by atoms with Crippen LogP contribution in [0, 0.1) is 5.41 Å². The standard InChI is InChI=1S/C18H13BrN2O3S2.CH4/c19-17-16(9-15(25-17)18(20)21)26(23,24)14-6-2-5-13(8-14)12-4-1-3-11(7-12)10-22;/h1-10H,(H3,20,21);1H4. The van der Waals surface area contributed by atoms with Crippen molar-refractivity contribution in [1.29, 1.82) is 5.41 Å². The molecule has 0 aliphatic carbocycles. The minimum atomic E-state index is -3.79. The van der Waals surface area contributed by atoms with Crippen LogP contribution >= 0.6 is 27.3 Å². The second-order valence-electron chi connectivity index (χ2n) is 5.44. The summed E-state index contributed by atoms with van der Waals surface area (Å²) < 4.78 is 26.4. The monoisotopic (exact) mass is 464 g/mol. The summed E-state index contributed by atoms with van der Waals surface area (Å²) in [6.07, 6.45) is 0.746. The van der Waals surface area contributed by atoms with E-state index in [1.807, 2.05) is 6.07 Å². The molecule has 140 valence electrons. The molecule has 0 atom stereocenters. The molecule has 0 amide bonds. The summed E-state index contributed by atoms with van der Waals surface area (Å²) in [5.41, 5.74) is 7.41. The normalized spacial score (nSPS) is 10.9. The van der Waals surface area contributed by atoms with Crippen molar-refractivity contribution in [2.45, 2.75) is 17.2 Å². The van der Waals surface area contributed by atoms with E-state index >= 15 is 0 Å². The number of rotatable bonds is 5. The Kier molecular flexibility index (Phi) is 6.35. The van der Waals surface area contributed by atoms with E-state index in [4.69, 9.17) is 11.1 Å². The van der Waals surface area contributed by atoms with Crippen molar-refractivity contribution in [3.8, 4) is 11.1 Å². The average molecular weight is 465 g/mol. The number of halogens is 1. The fraction of sp³-hybridized carbons (Fsp3) is 0.0526. The highest BCUT2D eigenvalue weighted by Gasteiger charge is 2.24. The molecule has 0 unspecified atom stereocenters. The molecule has 1 aromatic heterocycles. The Balaban J connectivity index is 0.00000261. The lowest BCUT2D eigenvalue weighted by atomic mass is 10.0. The third-order valence-electron chi connectivity index (χ3n) is 3.71. The topological polar surface area (TPSA) is 101 Å². The second kappa shape index (κ2) is 8.16. The van der Waals surface area contributed by atoms with Gasteiger partial charge < -0.3 is 5.73 Å². The molecule has 0 aliphatic heterocycles. The molecule has 0 aliphatic rings. The molecule has 5 nitrogen and oxygen atoms in total. The number of hydrogen-bond acceptors (Lipinski definition) is 5. The number of nitrogens with one attached hydrogen (secondary N) is 1. The zero-order valence-corrected chi connectivity index (χ0v) is 16.5. The molecule has 0 fully saturated rings. The van der Waals surface area contributed by atoms with Crippen molar-refractivity contribution in [3.05, 3.63) is 68.8 Å². The lowest BCUT2D eigenvalue weighted by Crippen LogP contribution is -2.08. The van der Waals surface area contributed by atoms with E-state index in [-0.39, 0.29) is 23.1 Å². The second-order valence-corrected chi connectivity index (χ2v) is 9.73. The van der Waals surface area contributed by atoms with E-state index in [1.54, 1.807) is 36.4 Å². The van der Waals surface area contributed by atoms with Crippen molar-refractivity contribution >= 4 is 49.2 Å². The van der Waals surface area contributed by atoms with Gasteiger partial charge >= 0.3 is 0 Å². The van der Waals surface area contributed by atoms with Crippen LogP contribution < -0.4 is 5.73 Å². The Bertz CT molecular complexity index is 1120. The number of sulfone groups is 1. The molecule has 3 rings (SSSR count). The number of hydrogen-bond donors (Lipinski definition) is 2. The van der Waals surface area contributed by atoms with Gasteiger partial charge in [-0.2, -0.15) is 0 Å². The maximum absolute atomic E-state index is 13.0. The first-order valence-electron chi connectivity index (χ1n) is 7.37.